The van der Waals surface area contributed by atoms with Gasteiger partial charge in [0.2, 0.25) is 5.91 Å². The number of carbonyl (C=O) groups excluding carboxylic acids is 2. The van der Waals surface area contributed by atoms with Crippen molar-refractivity contribution in [3.05, 3.63) is 33.5 Å². The molecule has 2 aromatic heterocycles. The highest BCUT2D eigenvalue weighted by molar-refractivity contribution is 7.14. The second kappa shape index (κ2) is 7.13. The fraction of sp³-hybridized carbons (Fsp3) is 0.471. The van der Waals surface area contributed by atoms with Gasteiger partial charge in [-0.25, -0.2) is 9.78 Å². The lowest BCUT2D eigenvalue weighted by molar-refractivity contribution is -0.122. The van der Waals surface area contributed by atoms with Gasteiger partial charge in [-0.2, -0.15) is 0 Å². The molecule has 1 fully saturated rings. The average molecular weight is 379 g/mol. The molecule has 8 heteroatoms. The van der Waals surface area contributed by atoms with Gasteiger partial charge in [0, 0.05) is 23.3 Å². The van der Waals surface area contributed by atoms with Crippen molar-refractivity contribution in [2.75, 3.05) is 18.0 Å². The lowest BCUT2D eigenvalue weighted by Gasteiger charge is -2.30. The number of nitrogens with zero attached hydrogens (tertiary/aromatic N) is 2. The van der Waals surface area contributed by atoms with Crippen LogP contribution < -0.4 is 15.5 Å². The molecule has 2 aromatic rings. The van der Waals surface area contributed by atoms with E-state index >= 15 is 0 Å². The third-order valence-corrected chi connectivity index (χ3v) is 5.82. The van der Waals surface area contributed by atoms with Gasteiger partial charge < -0.3 is 10.6 Å². The van der Waals surface area contributed by atoms with Crippen LogP contribution in [-0.2, 0) is 11.2 Å². The third-order valence-electron chi connectivity index (χ3n) is 3.97. The highest BCUT2D eigenvalue weighted by Crippen LogP contribution is 2.35. The quantitative estimate of drug-likeness (QED) is 0.839. The van der Waals surface area contributed by atoms with Crippen LogP contribution in [0.25, 0.3) is 0 Å². The van der Waals surface area contributed by atoms with Crippen LogP contribution in [0.3, 0.4) is 0 Å². The highest BCUT2D eigenvalue weighted by atomic mass is 32.1. The van der Waals surface area contributed by atoms with Crippen molar-refractivity contribution in [2.24, 2.45) is 5.41 Å². The fourth-order valence-corrected chi connectivity index (χ4v) is 4.57. The van der Waals surface area contributed by atoms with Gasteiger partial charge in [-0.3, -0.25) is 9.69 Å². The maximum atomic E-state index is 12.5. The van der Waals surface area contributed by atoms with Crippen LogP contribution in [-0.4, -0.2) is 30.0 Å². The Labute approximate surface area is 155 Å². The normalized spacial score (nSPS) is 16.0. The molecular weight excluding hydrogens is 356 g/mol. The van der Waals surface area contributed by atoms with Crippen molar-refractivity contribution >= 4 is 39.7 Å². The molecule has 0 bridgehead atoms. The number of urea groups is 1. The number of amides is 3. The number of hydrogen-bond acceptors (Lipinski definition) is 5. The molecule has 1 aliphatic rings. The summed E-state index contributed by atoms with van der Waals surface area (Å²) < 4.78 is 0. The second-order valence-electron chi connectivity index (χ2n) is 7.06. The Morgan fingerprint density at radius 1 is 1.44 bits per heavy atom. The third kappa shape index (κ3) is 4.19. The van der Waals surface area contributed by atoms with Gasteiger partial charge in [-0.15, -0.1) is 22.7 Å². The summed E-state index contributed by atoms with van der Waals surface area (Å²) in [6.07, 6.45) is 0.212. The summed E-state index contributed by atoms with van der Waals surface area (Å²) in [6.45, 7) is 7.59. The van der Waals surface area contributed by atoms with Crippen LogP contribution in [0.1, 0.15) is 37.4 Å². The molecule has 1 unspecified atom stereocenters. The van der Waals surface area contributed by atoms with Gasteiger partial charge in [0.1, 0.15) is 0 Å². The first-order chi connectivity index (χ1) is 11.8. The van der Waals surface area contributed by atoms with Crippen LogP contribution in [0, 0.1) is 5.41 Å². The summed E-state index contributed by atoms with van der Waals surface area (Å²) in [4.78, 5) is 31.4. The topological polar surface area (TPSA) is 74.3 Å². The monoisotopic (exact) mass is 378 g/mol. The lowest BCUT2D eigenvalue weighted by Crippen LogP contribution is -2.37. The predicted octanol–water partition coefficient (Wildman–Crippen LogP) is 3.18. The maximum Gasteiger partial charge on any atom is 0.323 e. The predicted molar refractivity (Wildman–Crippen MR) is 101 cm³/mol. The van der Waals surface area contributed by atoms with E-state index in [9.17, 15) is 9.59 Å². The van der Waals surface area contributed by atoms with E-state index in [1.54, 1.807) is 16.2 Å². The molecule has 0 aliphatic carbocycles. The summed E-state index contributed by atoms with van der Waals surface area (Å²) in [7, 11) is 0. The molecule has 0 saturated carbocycles. The summed E-state index contributed by atoms with van der Waals surface area (Å²) in [5, 5.41) is 10.4. The van der Waals surface area contributed by atoms with Gasteiger partial charge >= 0.3 is 6.03 Å². The molecule has 0 aromatic carbocycles. The lowest BCUT2D eigenvalue weighted by atomic mass is 9.85. The Bertz CT molecular complexity index is 749. The fourth-order valence-electron chi connectivity index (χ4n) is 2.70. The van der Waals surface area contributed by atoms with Gasteiger partial charge in [-0.1, -0.05) is 26.8 Å². The van der Waals surface area contributed by atoms with E-state index in [1.807, 2.05) is 22.9 Å². The van der Waals surface area contributed by atoms with Gasteiger partial charge in [0.05, 0.1) is 18.2 Å². The molecular formula is C17H22N4O2S2. The summed E-state index contributed by atoms with van der Waals surface area (Å²) in [6, 6.07) is 3.88. The van der Waals surface area contributed by atoms with Crippen molar-refractivity contribution in [2.45, 2.75) is 33.2 Å². The van der Waals surface area contributed by atoms with Crippen LogP contribution >= 0.6 is 22.7 Å². The number of hydrogen-bond donors (Lipinski definition) is 2. The largest absolute Gasteiger partial charge is 0.348 e. The van der Waals surface area contributed by atoms with Gasteiger partial charge in [-0.05, 0) is 16.9 Å². The molecule has 0 spiro atoms. The first kappa shape index (κ1) is 17.9. The Balaban J connectivity index is 1.66. The van der Waals surface area contributed by atoms with Crippen LogP contribution in [0.2, 0.25) is 0 Å². The van der Waals surface area contributed by atoms with E-state index in [2.05, 4.69) is 36.4 Å². The van der Waals surface area contributed by atoms with E-state index in [-0.39, 0.29) is 29.8 Å². The standard InChI is InChI=1S/C17H22N4O2S2/c1-17(2,3)14(12-5-4-8-24-12)20-13(22)9-11-10-25-16(19-11)21-7-6-18-15(21)23/h4-5,8,10,14H,6-7,9H2,1-3H3,(H,18,23)(H,20,22). The molecule has 3 rings (SSSR count). The van der Waals surface area contributed by atoms with Crippen molar-refractivity contribution in [3.8, 4) is 0 Å². The minimum atomic E-state index is -0.129. The van der Waals surface area contributed by atoms with Crippen LogP contribution in [0.5, 0.6) is 0 Å². The van der Waals surface area contributed by atoms with Gasteiger partial charge in [0.25, 0.3) is 0 Å². The molecule has 134 valence electrons. The number of carbonyl (C=O) groups is 2. The molecule has 25 heavy (non-hydrogen) atoms. The van der Waals surface area contributed by atoms with Crippen molar-refractivity contribution in [1.82, 2.24) is 15.6 Å². The molecule has 6 nitrogen and oxygen atoms in total. The summed E-state index contributed by atoms with van der Waals surface area (Å²) in [5.74, 6) is -0.0592. The Morgan fingerprint density at radius 2 is 2.24 bits per heavy atom. The zero-order valence-electron chi connectivity index (χ0n) is 14.5. The number of rotatable bonds is 5. The molecule has 1 atom stereocenters. The number of thiazole rings is 1. The van der Waals surface area contributed by atoms with Crippen molar-refractivity contribution in [1.29, 1.82) is 0 Å². The van der Waals surface area contributed by atoms with E-state index in [0.717, 1.165) is 4.88 Å². The number of nitrogens with one attached hydrogen (secondary N) is 2. The van der Waals surface area contributed by atoms with Crippen molar-refractivity contribution < 1.29 is 9.59 Å². The highest BCUT2D eigenvalue weighted by Gasteiger charge is 2.29. The molecule has 1 aliphatic heterocycles. The molecule has 3 amide bonds. The van der Waals surface area contributed by atoms with E-state index in [1.165, 1.54) is 11.3 Å². The minimum absolute atomic E-state index is 0.0394. The maximum absolute atomic E-state index is 12.5. The summed E-state index contributed by atoms with van der Waals surface area (Å²) >= 11 is 3.04. The van der Waals surface area contributed by atoms with E-state index in [4.69, 9.17) is 0 Å². The number of anilines is 1. The Hall–Kier alpha value is -1.93. The smallest absolute Gasteiger partial charge is 0.323 e. The molecule has 1 saturated heterocycles. The van der Waals surface area contributed by atoms with E-state index < -0.39 is 0 Å². The zero-order valence-corrected chi connectivity index (χ0v) is 16.2. The second-order valence-corrected chi connectivity index (χ2v) is 8.88. The van der Waals surface area contributed by atoms with Crippen LogP contribution in [0.15, 0.2) is 22.9 Å². The Kier molecular flexibility index (Phi) is 5.10. The van der Waals surface area contributed by atoms with Gasteiger partial charge in [0.15, 0.2) is 5.13 Å². The minimum Gasteiger partial charge on any atom is -0.348 e. The zero-order chi connectivity index (χ0) is 18.0. The summed E-state index contributed by atoms with van der Waals surface area (Å²) in [5.41, 5.74) is 0.609. The molecule has 3 heterocycles. The average Bonchev–Trinajstić information content (AvgIpc) is 3.24. The molecule has 0 radical (unpaired) electrons. The Morgan fingerprint density at radius 3 is 2.84 bits per heavy atom. The number of thiophene rings is 1. The molecule has 2 N–H and O–H groups in total. The van der Waals surface area contributed by atoms with E-state index in [0.29, 0.717) is 23.9 Å². The van der Waals surface area contributed by atoms with Crippen LogP contribution in [0.4, 0.5) is 9.93 Å². The number of aromatic nitrogens is 1. The SMILES string of the molecule is CC(C)(C)C(NC(=O)Cc1csc(N2CCNC2=O)n1)c1cccs1. The first-order valence-corrected chi connectivity index (χ1v) is 9.93. The van der Waals surface area contributed by atoms with Crippen molar-refractivity contribution in [3.63, 3.8) is 0 Å². The first-order valence-electron chi connectivity index (χ1n) is 8.17.